The highest BCUT2D eigenvalue weighted by molar-refractivity contribution is 5.78. The van der Waals surface area contributed by atoms with Gasteiger partial charge in [-0.15, -0.1) is 0 Å². The number of nitrogens with zero attached hydrogens (tertiary/aromatic N) is 2. The molecule has 0 saturated carbocycles. The van der Waals surface area contributed by atoms with Gasteiger partial charge in [-0.2, -0.15) is 5.10 Å². The van der Waals surface area contributed by atoms with Gasteiger partial charge in [-0.3, -0.25) is 9.48 Å². The molecule has 0 fully saturated rings. The van der Waals surface area contributed by atoms with Crippen LogP contribution >= 0.6 is 0 Å². The van der Waals surface area contributed by atoms with Crippen molar-refractivity contribution in [3.63, 3.8) is 0 Å². The van der Waals surface area contributed by atoms with Crippen molar-refractivity contribution >= 4 is 5.78 Å². The highest BCUT2D eigenvalue weighted by Gasteiger charge is 2.15. The predicted molar refractivity (Wildman–Crippen MR) is 81.8 cm³/mol. The predicted octanol–water partition coefficient (Wildman–Crippen LogP) is 3.34. The van der Waals surface area contributed by atoms with Crippen molar-refractivity contribution in [3.05, 3.63) is 41.2 Å². The minimum atomic E-state index is 0.197. The van der Waals surface area contributed by atoms with Crippen LogP contribution < -0.4 is 0 Å². The van der Waals surface area contributed by atoms with Crippen LogP contribution in [0, 0.1) is 0 Å². The molecular weight excluding hydrogens is 248 g/mol. The lowest BCUT2D eigenvalue weighted by molar-refractivity contribution is -0.116. The lowest BCUT2D eigenvalue weighted by atomic mass is 9.98. The van der Waals surface area contributed by atoms with E-state index in [2.05, 4.69) is 31.1 Å². The van der Waals surface area contributed by atoms with E-state index in [1.807, 2.05) is 23.9 Å². The molecule has 0 saturated heterocycles. The van der Waals surface area contributed by atoms with Gasteiger partial charge in [0.15, 0.2) is 0 Å². The lowest BCUT2D eigenvalue weighted by Crippen LogP contribution is -1.97. The normalized spacial score (nSPS) is 10.8. The molecule has 0 spiro atoms. The van der Waals surface area contributed by atoms with Gasteiger partial charge in [0, 0.05) is 24.7 Å². The van der Waals surface area contributed by atoms with Crippen LogP contribution in [0.2, 0.25) is 0 Å². The Hall–Kier alpha value is -1.90. The fourth-order valence-corrected chi connectivity index (χ4v) is 2.68. The SMILES string of the molecule is CCc1nn(C)c(CC)c1-c1ccc(CC(C)=O)cc1. The third-order valence-electron chi connectivity index (χ3n) is 3.60. The zero-order chi connectivity index (χ0) is 14.7. The summed E-state index contributed by atoms with van der Waals surface area (Å²) in [6.07, 6.45) is 2.40. The number of carbonyl (C=O) groups is 1. The maximum atomic E-state index is 11.2. The van der Waals surface area contributed by atoms with Crippen molar-refractivity contribution < 1.29 is 4.79 Å². The molecule has 1 aromatic heterocycles. The van der Waals surface area contributed by atoms with Gasteiger partial charge in [-0.05, 0) is 30.9 Å². The number of aryl methyl sites for hydroxylation is 2. The van der Waals surface area contributed by atoms with E-state index in [0.29, 0.717) is 6.42 Å². The minimum Gasteiger partial charge on any atom is -0.300 e. The van der Waals surface area contributed by atoms with Crippen molar-refractivity contribution in [3.8, 4) is 11.1 Å². The Labute approximate surface area is 120 Å². The van der Waals surface area contributed by atoms with Crippen LogP contribution in [0.3, 0.4) is 0 Å². The summed E-state index contributed by atoms with van der Waals surface area (Å²) in [5, 5.41) is 4.61. The number of benzene rings is 1. The van der Waals surface area contributed by atoms with E-state index >= 15 is 0 Å². The first-order valence-electron chi connectivity index (χ1n) is 7.20. The molecule has 2 aromatic rings. The molecule has 0 atom stereocenters. The van der Waals surface area contributed by atoms with Crippen LogP contribution in [0.4, 0.5) is 0 Å². The van der Waals surface area contributed by atoms with Gasteiger partial charge >= 0.3 is 0 Å². The molecular formula is C17H22N2O. The van der Waals surface area contributed by atoms with Gasteiger partial charge in [-0.1, -0.05) is 38.1 Å². The van der Waals surface area contributed by atoms with Crippen molar-refractivity contribution in [2.75, 3.05) is 0 Å². The fourth-order valence-electron chi connectivity index (χ4n) is 2.68. The highest BCUT2D eigenvalue weighted by atomic mass is 16.1. The van der Waals surface area contributed by atoms with Crippen molar-refractivity contribution in [1.82, 2.24) is 9.78 Å². The van der Waals surface area contributed by atoms with Crippen LogP contribution in [-0.2, 0) is 31.1 Å². The van der Waals surface area contributed by atoms with Crippen LogP contribution in [0.1, 0.15) is 37.7 Å². The molecule has 2 rings (SSSR count). The zero-order valence-corrected chi connectivity index (χ0v) is 12.7. The molecule has 0 N–H and O–H groups in total. The van der Waals surface area contributed by atoms with E-state index in [0.717, 1.165) is 24.1 Å². The van der Waals surface area contributed by atoms with Crippen LogP contribution in [0.15, 0.2) is 24.3 Å². The molecule has 3 nitrogen and oxygen atoms in total. The smallest absolute Gasteiger partial charge is 0.134 e. The Bertz CT molecular complexity index is 609. The third kappa shape index (κ3) is 2.82. The Morgan fingerprint density at radius 2 is 1.80 bits per heavy atom. The molecule has 0 aliphatic carbocycles. The van der Waals surface area contributed by atoms with Crippen LogP contribution in [-0.4, -0.2) is 15.6 Å². The first kappa shape index (κ1) is 14.5. The van der Waals surface area contributed by atoms with E-state index < -0.39 is 0 Å². The lowest BCUT2D eigenvalue weighted by Gasteiger charge is -2.06. The van der Waals surface area contributed by atoms with Gasteiger partial charge in [0.1, 0.15) is 5.78 Å². The van der Waals surface area contributed by atoms with Gasteiger partial charge in [-0.25, -0.2) is 0 Å². The number of aromatic nitrogens is 2. The number of Topliss-reactive ketones (excluding diaryl/α,β-unsaturated/α-hetero) is 1. The van der Waals surface area contributed by atoms with Gasteiger partial charge in [0.2, 0.25) is 0 Å². The summed E-state index contributed by atoms with van der Waals surface area (Å²) in [5.74, 6) is 0.197. The second-order valence-electron chi connectivity index (χ2n) is 5.17. The Kier molecular flexibility index (Phi) is 4.38. The largest absolute Gasteiger partial charge is 0.300 e. The van der Waals surface area contributed by atoms with Gasteiger partial charge in [0.25, 0.3) is 0 Å². The first-order chi connectivity index (χ1) is 9.56. The van der Waals surface area contributed by atoms with Crippen molar-refractivity contribution in [2.45, 2.75) is 40.0 Å². The van der Waals surface area contributed by atoms with Crippen molar-refractivity contribution in [2.24, 2.45) is 7.05 Å². The van der Waals surface area contributed by atoms with E-state index in [4.69, 9.17) is 0 Å². The highest BCUT2D eigenvalue weighted by Crippen LogP contribution is 2.28. The van der Waals surface area contributed by atoms with Gasteiger partial charge < -0.3 is 0 Å². The standard InChI is InChI=1S/C17H22N2O/c1-5-15-17(16(6-2)19(4)18-15)14-9-7-13(8-10-14)11-12(3)20/h7-10H,5-6,11H2,1-4H3. The van der Waals surface area contributed by atoms with Gasteiger partial charge in [0.05, 0.1) is 5.69 Å². The Balaban J connectivity index is 2.43. The Morgan fingerprint density at radius 1 is 1.15 bits per heavy atom. The number of rotatable bonds is 5. The maximum absolute atomic E-state index is 11.2. The van der Waals surface area contributed by atoms with E-state index in [9.17, 15) is 4.79 Å². The average molecular weight is 270 g/mol. The summed E-state index contributed by atoms with van der Waals surface area (Å²) in [6.45, 7) is 5.92. The second-order valence-corrected chi connectivity index (χ2v) is 5.17. The quantitative estimate of drug-likeness (QED) is 0.835. The molecule has 0 amide bonds. The summed E-state index contributed by atoms with van der Waals surface area (Å²) in [7, 11) is 2.01. The summed E-state index contributed by atoms with van der Waals surface area (Å²) in [4.78, 5) is 11.2. The summed E-state index contributed by atoms with van der Waals surface area (Å²) in [5.41, 5.74) is 5.93. The average Bonchev–Trinajstić information content (AvgIpc) is 2.75. The molecule has 0 bridgehead atoms. The Morgan fingerprint density at radius 3 is 2.30 bits per heavy atom. The fraction of sp³-hybridized carbons (Fsp3) is 0.412. The number of hydrogen-bond donors (Lipinski definition) is 0. The number of ketones is 1. The van der Waals surface area contributed by atoms with Crippen molar-refractivity contribution in [1.29, 1.82) is 0 Å². The van der Waals surface area contributed by atoms with Crippen LogP contribution in [0.5, 0.6) is 0 Å². The van der Waals surface area contributed by atoms with E-state index in [1.165, 1.54) is 16.8 Å². The molecule has 1 aromatic carbocycles. The molecule has 3 heteroatoms. The molecule has 1 heterocycles. The molecule has 0 radical (unpaired) electrons. The molecule has 0 unspecified atom stereocenters. The number of carbonyl (C=O) groups excluding carboxylic acids is 1. The number of hydrogen-bond acceptors (Lipinski definition) is 2. The van der Waals surface area contributed by atoms with Crippen LogP contribution in [0.25, 0.3) is 11.1 Å². The summed E-state index contributed by atoms with van der Waals surface area (Å²) >= 11 is 0. The van der Waals surface area contributed by atoms with E-state index in [1.54, 1.807) is 6.92 Å². The maximum Gasteiger partial charge on any atom is 0.134 e. The third-order valence-corrected chi connectivity index (χ3v) is 3.60. The molecule has 0 aliphatic heterocycles. The molecule has 106 valence electrons. The first-order valence-corrected chi connectivity index (χ1v) is 7.20. The molecule has 0 aliphatic rings. The summed E-state index contributed by atoms with van der Waals surface area (Å²) in [6, 6.07) is 8.30. The monoisotopic (exact) mass is 270 g/mol. The summed E-state index contributed by atoms with van der Waals surface area (Å²) < 4.78 is 1.98. The topological polar surface area (TPSA) is 34.9 Å². The second kappa shape index (κ2) is 6.04. The zero-order valence-electron chi connectivity index (χ0n) is 12.7. The minimum absolute atomic E-state index is 0.197. The molecule has 20 heavy (non-hydrogen) atoms. The van der Waals surface area contributed by atoms with E-state index in [-0.39, 0.29) is 5.78 Å².